The summed E-state index contributed by atoms with van der Waals surface area (Å²) in [5.41, 5.74) is 4.60. The average Bonchev–Trinajstić information content (AvgIpc) is 3.53. The summed E-state index contributed by atoms with van der Waals surface area (Å²) < 4.78 is 6.99. The predicted molar refractivity (Wildman–Crippen MR) is 117 cm³/mol. The van der Waals surface area contributed by atoms with Crippen LogP contribution in [-0.2, 0) is 6.42 Å². The summed E-state index contributed by atoms with van der Waals surface area (Å²) in [6, 6.07) is 18.6. The highest BCUT2D eigenvalue weighted by Gasteiger charge is 2.27. The maximum absolute atomic E-state index is 12.9. The number of carbonyl (C=O) groups excluding carboxylic acids is 2. The standard InChI is InChI=1S/C24H20N4O3/c1-16-20(15-25-28(16)19-6-3-2-4-7-19)23(29)26-18-10-9-17-11-12-27(21(17)14-18)24(30)22-8-5-13-31-22/h2-10,13-15H,11-12H2,1H3,(H,26,29). The molecule has 0 unspecified atom stereocenters. The Hall–Kier alpha value is -4.13. The van der Waals surface area contributed by atoms with E-state index in [0.29, 0.717) is 23.6 Å². The normalized spacial score (nSPS) is 12.6. The average molecular weight is 412 g/mol. The van der Waals surface area contributed by atoms with Gasteiger partial charge >= 0.3 is 0 Å². The lowest BCUT2D eigenvalue weighted by Crippen LogP contribution is -2.28. The van der Waals surface area contributed by atoms with Gasteiger partial charge in [-0.2, -0.15) is 5.10 Å². The van der Waals surface area contributed by atoms with Crippen LogP contribution in [0.2, 0.25) is 0 Å². The van der Waals surface area contributed by atoms with E-state index in [1.165, 1.54) is 6.26 Å². The van der Waals surface area contributed by atoms with E-state index in [2.05, 4.69) is 10.4 Å². The van der Waals surface area contributed by atoms with E-state index in [1.54, 1.807) is 27.9 Å². The maximum Gasteiger partial charge on any atom is 0.293 e. The molecule has 0 saturated heterocycles. The van der Waals surface area contributed by atoms with Crippen molar-refractivity contribution < 1.29 is 14.0 Å². The fourth-order valence-electron chi connectivity index (χ4n) is 3.86. The summed E-state index contributed by atoms with van der Waals surface area (Å²) in [4.78, 5) is 27.3. The van der Waals surface area contributed by atoms with Crippen LogP contribution in [0.25, 0.3) is 5.69 Å². The van der Waals surface area contributed by atoms with Crippen LogP contribution < -0.4 is 10.2 Å². The van der Waals surface area contributed by atoms with Gasteiger partial charge < -0.3 is 14.6 Å². The van der Waals surface area contributed by atoms with Gasteiger partial charge in [-0.25, -0.2) is 4.68 Å². The first-order valence-electron chi connectivity index (χ1n) is 10.0. The number of furan rings is 1. The molecule has 0 spiro atoms. The molecule has 154 valence electrons. The second-order valence-electron chi connectivity index (χ2n) is 7.37. The Balaban J connectivity index is 1.38. The fraction of sp³-hybridized carbons (Fsp3) is 0.125. The summed E-state index contributed by atoms with van der Waals surface area (Å²) in [6.07, 6.45) is 3.82. The van der Waals surface area contributed by atoms with Crippen molar-refractivity contribution in [3.8, 4) is 5.69 Å². The van der Waals surface area contributed by atoms with E-state index in [-0.39, 0.29) is 11.8 Å². The van der Waals surface area contributed by atoms with Gasteiger partial charge in [0.05, 0.1) is 29.4 Å². The number of benzene rings is 2. The van der Waals surface area contributed by atoms with Crippen molar-refractivity contribution in [1.82, 2.24) is 9.78 Å². The number of fused-ring (bicyclic) bond motifs is 1. The van der Waals surface area contributed by atoms with Crippen LogP contribution in [0.3, 0.4) is 0 Å². The van der Waals surface area contributed by atoms with Crippen LogP contribution in [0.15, 0.2) is 77.5 Å². The lowest BCUT2D eigenvalue weighted by molar-refractivity contribution is 0.0962. The van der Waals surface area contributed by atoms with E-state index in [0.717, 1.165) is 29.1 Å². The molecule has 0 fully saturated rings. The van der Waals surface area contributed by atoms with Gasteiger partial charge in [0.25, 0.3) is 11.8 Å². The molecule has 2 aromatic heterocycles. The molecule has 3 heterocycles. The first-order chi connectivity index (χ1) is 15.1. The minimum absolute atomic E-state index is 0.188. The minimum atomic E-state index is -0.249. The zero-order valence-corrected chi connectivity index (χ0v) is 16.9. The molecule has 1 N–H and O–H groups in total. The molecule has 2 aromatic carbocycles. The first kappa shape index (κ1) is 18.9. The molecule has 7 heteroatoms. The van der Waals surface area contributed by atoms with Gasteiger partial charge in [-0.1, -0.05) is 24.3 Å². The first-order valence-corrected chi connectivity index (χ1v) is 10.0. The van der Waals surface area contributed by atoms with Crippen molar-refractivity contribution in [2.75, 3.05) is 16.8 Å². The smallest absolute Gasteiger partial charge is 0.293 e. The SMILES string of the molecule is Cc1c(C(=O)Nc2ccc3c(c2)N(C(=O)c2ccco2)CC3)cnn1-c1ccccc1. The van der Waals surface area contributed by atoms with Crippen molar-refractivity contribution in [2.24, 2.45) is 0 Å². The molecule has 0 radical (unpaired) electrons. The van der Waals surface area contributed by atoms with Crippen molar-refractivity contribution in [2.45, 2.75) is 13.3 Å². The monoisotopic (exact) mass is 412 g/mol. The molecular weight excluding hydrogens is 392 g/mol. The Morgan fingerprint density at radius 3 is 2.68 bits per heavy atom. The number of para-hydroxylation sites is 1. The van der Waals surface area contributed by atoms with E-state index in [4.69, 9.17) is 4.42 Å². The molecular formula is C24H20N4O3. The number of nitrogens with zero attached hydrogens (tertiary/aromatic N) is 3. The van der Waals surface area contributed by atoms with Crippen LogP contribution in [0.4, 0.5) is 11.4 Å². The number of rotatable bonds is 4. The number of hydrogen-bond acceptors (Lipinski definition) is 4. The quantitative estimate of drug-likeness (QED) is 0.544. The highest BCUT2D eigenvalue weighted by molar-refractivity contribution is 6.07. The molecule has 1 aliphatic rings. The van der Waals surface area contributed by atoms with Gasteiger partial charge in [-0.05, 0) is 55.3 Å². The van der Waals surface area contributed by atoms with E-state index in [1.807, 2.05) is 55.5 Å². The van der Waals surface area contributed by atoms with Crippen molar-refractivity contribution in [1.29, 1.82) is 0 Å². The lowest BCUT2D eigenvalue weighted by Gasteiger charge is -2.17. The Morgan fingerprint density at radius 1 is 1.06 bits per heavy atom. The number of amides is 2. The highest BCUT2D eigenvalue weighted by Crippen LogP contribution is 2.32. The Bertz CT molecular complexity index is 1260. The zero-order valence-electron chi connectivity index (χ0n) is 16.9. The number of aromatic nitrogens is 2. The molecule has 0 saturated carbocycles. The zero-order chi connectivity index (χ0) is 21.4. The van der Waals surface area contributed by atoms with Crippen molar-refractivity contribution in [3.05, 3.63) is 95.7 Å². The molecule has 1 aliphatic heterocycles. The Labute approximate surface area is 178 Å². The third-order valence-corrected chi connectivity index (χ3v) is 5.47. The number of hydrogen-bond donors (Lipinski definition) is 1. The molecule has 5 rings (SSSR count). The van der Waals surface area contributed by atoms with E-state index >= 15 is 0 Å². The molecule has 4 aromatic rings. The summed E-state index contributed by atoms with van der Waals surface area (Å²) in [7, 11) is 0. The van der Waals surface area contributed by atoms with Crippen LogP contribution >= 0.6 is 0 Å². The van der Waals surface area contributed by atoms with Gasteiger partial charge in [0.1, 0.15) is 0 Å². The molecule has 7 nitrogen and oxygen atoms in total. The summed E-state index contributed by atoms with van der Waals surface area (Å²) in [5.74, 6) is -0.139. The van der Waals surface area contributed by atoms with Gasteiger partial charge in [-0.3, -0.25) is 9.59 Å². The predicted octanol–water partition coefficient (Wildman–Crippen LogP) is 4.23. The Kier molecular flexibility index (Phi) is 4.63. The third-order valence-electron chi connectivity index (χ3n) is 5.47. The minimum Gasteiger partial charge on any atom is -0.459 e. The third kappa shape index (κ3) is 3.40. The fourth-order valence-corrected chi connectivity index (χ4v) is 3.86. The van der Waals surface area contributed by atoms with Gasteiger partial charge in [-0.15, -0.1) is 0 Å². The summed E-state index contributed by atoms with van der Waals surface area (Å²) in [5, 5.41) is 7.30. The number of carbonyl (C=O) groups is 2. The molecule has 0 aliphatic carbocycles. The van der Waals surface area contributed by atoms with Gasteiger partial charge in [0.2, 0.25) is 0 Å². The second-order valence-corrected chi connectivity index (χ2v) is 7.37. The number of nitrogens with one attached hydrogen (secondary N) is 1. The molecule has 0 atom stereocenters. The topological polar surface area (TPSA) is 80.4 Å². The Morgan fingerprint density at radius 2 is 1.90 bits per heavy atom. The lowest BCUT2D eigenvalue weighted by atomic mass is 10.1. The van der Waals surface area contributed by atoms with Crippen molar-refractivity contribution >= 4 is 23.2 Å². The second kappa shape index (κ2) is 7.60. The van der Waals surface area contributed by atoms with Gasteiger partial charge in [0.15, 0.2) is 5.76 Å². The van der Waals surface area contributed by atoms with Crippen LogP contribution in [0.1, 0.15) is 32.2 Å². The van der Waals surface area contributed by atoms with Gasteiger partial charge in [0, 0.05) is 17.9 Å². The van der Waals surface area contributed by atoms with Crippen LogP contribution in [0, 0.1) is 6.92 Å². The summed E-state index contributed by atoms with van der Waals surface area (Å²) >= 11 is 0. The van der Waals surface area contributed by atoms with Crippen LogP contribution in [0.5, 0.6) is 0 Å². The maximum atomic E-state index is 12.9. The van der Waals surface area contributed by atoms with Crippen LogP contribution in [-0.4, -0.2) is 28.1 Å². The molecule has 31 heavy (non-hydrogen) atoms. The highest BCUT2D eigenvalue weighted by atomic mass is 16.3. The van der Waals surface area contributed by atoms with Crippen molar-refractivity contribution in [3.63, 3.8) is 0 Å². The largest absolute Gasteiger partial charge is 0.459 e. The number of anilines is 2. The van der Waals surface area contributed by atoms with E-state index in [9.17, 15) is 9.59 Å². The van der Waals surface area contributed by atoms with E-state index < -0.39 is 0 Å². The molecule has 2 amide bonds. The molecule has 0 bridgehead atoms. The summed E-state index contributed by atoms with van der Waals surface area (Å²) in [6.45, 7) is 2.44.